The second-order valence-corrected chi connectivity index (χ2v) is 8.40. The van der Waals surface area contributed by atoms with Gasteiger partial charge in [0.15, 0.2) is 0 Å². The Morgan fingerprint density at radius 3 is 2.26 bits per heavy atom. The molecule has 0 amide bonds. The van der Waals surface area contributed by atoms with Crippen LogP contribution in [0.1, 0.15) is 39.3 Å². The van der Waals surface area contributed by atoms with Gasteiger partial charge in [-0.3, -0.25) is 0 Å². The van der Waals surface area contributed by atoms with E-state index in [1.165, 1.54) is 4.57 Å². The van der Waals surface area contributed by atoms with Crippen LogP contribution in [0.3, 0.4) is 0 Å². The fourth-order valence-electron chi connectivity index (χ4n) is 7.24. The van der Waals surface area contributed by atoms with Crippen molar-refractivity contribution in [3.63, 3.8) is 0 Å². The van der Waals surface area contributed by atoms with Crippen molar-refractivity contribution in [1.82, 2.24) is 13.9 Å². The summed E-state index contributed by atoms with van der Waals surface area (Å²) < 4.78 is 4.92. The molecule has 2 heterocycles. The normalized spacial score (nSPS) is 47.2. The van der Waals surface area contributed by atoms with Crippen molar-refractivity contribution in [2.45, 2.75) is 39.3 Å². The van der Waals surface area contributed by atoms with Gasteiger partial charge in [-0.05, 0) is 29.4 Å². The minimum absolute atomic E-state index is 0.165. The van der Waals surface area contributed by atoms with Gasteiger partial charge >= 0.3 is 11.4 Å². The topological polar surface area (TPSA) is 48.9 Å². The second kappa shape index (κ2) is 2.99. The Balaban J connectivity index is 1.65. The van der Waals surface area contributed by atoms with Crippen LogP contribution in [0.4, 0.5) is 0 Å². The maximum Gasteiger partial charge on any atom is 0.352 e. The van der Waals surface area contributed by atoms with Gasteiger partial charge in [-0.25, -0.2) is 23.5 Å². The van der Waals surface area contributed by atoms with Crippen LogP contribution in [0.15, 0.2) is 39.9 Å². The second-order valence-electron chi connectivity index (χ2n) is 8.40. The zero-order chi connectivity index (χ0) is 15.9. The van der Waals surface area contributed by atoms with Crippen molar-refractivity contribution >= 4 is 0 Å². The summed E-state index contributed by atoms with van der Waals surface area (Å²) in [6, 6.07) is 9.66. The molecule has 3 fully saturated rings. The average Bonchev–Trinajstić information content (AvgIpc) is 2.89. The smallest absolute Gasteiger partial charge is 0.245 e. The molecule has 5 heteroatoms. The number of nitrogens with zero attached hydrogens (tertiary/aromatic N) is 3. The lowest BCUT2D eigenvalue weighted by Gasteiger charge is -2.45. The zero-order valence-electron chi connectivity index (χ0n) is 13.5. The standard InChI is InChI=1S/C18H19N3O2/c1-16-9-11-12-13(18(16,3)17(12,16)2)21-15(23)19(14(22)20(11)21)10-7-5-4-6-8-10/h4-8,11-13H,9H2,1-3H3/t11-,12-,13+,16-,17+,18+/m1/s1. The first-order chi connectivity index (χ1) is 10.9. The Labute approximate surface area is 133 Å². The molecule has 1 aromatic carbocycles. The van der Waals surface area contributed by atoms with E-state index in [1.807, 2.05) is 30.3 Å². The van der Waals surface area contributed by atoms with Gasteiger partial charge in [0.05, 0.1) is 17.8 Å². The quantitative estimate of drug-likeness (QED) is 0.808. The lowest BCUT2D eigenvalue weighted by molar-refractivity contribution is 0.0140. The van der Waals surface area contributed by atoms with Crippen molar-refractivity contribution in [3.8, 4) is 5.69 Å². The van der Waals surface area contributed by atoms with Crippen LogP contribution < -0.4 is 11.4 Å². The molecule has 0 radical (unpaired) electrons. The molecule has 6 atom stereocenters. The van der Waals surface area contributed by atoms with E-state index in [1.54, 1.807) is 9.36 Å². The molecule has 1 aromatic heterocycles. The third-order valence-corrected chi connectivity index (χ3v) is 8.54. The third kappa shape index (κ3) is 0.832. The van der Waals surface area contributed by atoms with Crippen LogP contribution in [0, 0.1) is 22.2 Å². The zero-order valence-corrected chi connectivity index (χ0v) is 13.5. The first-order valence-corrected chi connectivity index (χ1v) is 8.41. The van der Waals surface area contributed by atoms with Gasteiger partial charge in [0, 0.05) is 11.3 Å². The van der Waals surface area contributed by atoms with Crippen LogP contribution >= 0.6 is 0 Å². The average molecular weight is 309 g/mol. The minimum atomic E-state index is -0.170. The summed E-state index contributed by atoms with van der Waals surface area (Å²) in [5.74, 6) is 0.461. The van der Waals surface area contributed by atoms with Crippen molar-refractivity contribution in [2.75, 3.05) is 0 Å². The molecule has 0 unspecified atom stereocenters. The number of hydrogen-bond donors (Lipinski definition) is 0. The van der Waals surface area contributed by atoms with E-state index in [9.17, 15) is 9.59 Å². The predicted octanol–water partition coefficient (Wildman–Crippen LogP) is 1.96. The molecule has 3 aliphatic carbocycles. The number of hydrogen-bond acceptors (Lipinski definition) is 2. The number of benzene rings is 1. The monoisotopic (exact) mass is 309 g/mol. The maximum absolute atomic E-state index is 13.1. The summed E-state index contributed by atoms with van der Waals surface area (Å²) in [7, 11) is 0. The lowest BCUT2D eigenvalue weighted by Crippen LogP contribution is -2.47. The Morgan fingerprint density at radius 1 is 0.957 bits per heavy atom. The third-order valence-electron chi connectivity index (χ3n) is 8.54. The van der Waals surface area contributed by atoms with Crippen LogP contribution in [0.5, 0.6) is 0 Å². The lowest BCUT2D eigenvalue weighted by atomic mass is 9.60. The SMILES string of the molecule is C[C@]12C[C@@H]3[C@@H]4[C@H](n5c(=O)n(-c6ccccc6)c(=O)n53)[C@]1(C)[C@@]42C. The molecule has 3 saturated carbocycles. The van der Waals surface area contributed by atoms with Crippen molar-refractivity contribution in [2.24, 2.45) is 22.2 Å². The van der Waals surface area contributed by atoms with Gasteiger partial charge in [-0.1, -0.05) is 39.0 Å². The van der Waals surface area contributed by atoms with E-state index in [2.05, 4.69) is 20.8 Å². The molecule has 4 aliphatic rings. The summed E-state index contributed by atoms with van der Waals surface area (Å²) in [6.45, 7) is 7.03. The largest absolute Gasteiger partial charge is 0.352 e. The van der Waals surface area contributed by atoms with E-state index < -0.39 is 0 Å². The maximum atomic E-state index is 13.1. The number of rotatable bonds is 1. The number of para-hydroxylation sites is 1. The molecule has 0 saturated heterocycles. The molecule has 1 aliphatic heterocycles. The summed E-state index contributed by atoms with van der Waals surface area (Å²) in [5, 5.41) is 0. The van der Waals surface area contributed by atoms with E-state index in [-0.39, 0.29) is 34.3 Å². The highest BCUT2D eigenvalue weighted by atomic mass is 16.2. The predicted molar refractivity (Wildman–Crippen MR) is 84.8 cm³/mol. The summed E-state index contributed by atoms with van der Waals surface area (Å²) in [6.07, 6.45) is 1.03. The van der Waals surface area contributed by atoms with Gasteiger partial charge in [-0.2, -0.15) is 0 Å². The molecule has 5 nitrogen and oxygen atoms in total. The molecule has 6 rings (SSSR count). The molecule has 0 N–H and O–H groups in total. The van der Waals surface area contributed by atoms with E-state index in [4.69, 9.17) is 0 Å². The van der Waals surface area contributed by atoms with Crippen molar-refractivity contribution in [3.05, 3.63) is 51.3 Å². The minimum Gasteiger partial charge on any atom is -0.245 e. The Kier molecular flexibility index (Phi) is 1.61. The van der Waals surface area contributed by atoms with Gasteiger partial charge in [0.1, 0.15) is 0 Å². The van der Waals surface area contributed by atoms with Gasteiger partial charge in [-0.15, -0.1) is 0 Å². The molecular weight excluding hydrogens is 290 g/mol. The summed E-state index contributed by atoms with van der Waals surface area (Å²) in [5.41, 5.74) is 1.08. The first kappa shape index (κ1) is 12.4. The van der Waals surface area contributed by atoms with Gasteiger partial charge in [0.2, 0.25) is 0 Å². The molecule has 0 spiro atoms. The molecule has 118 valence electrons. The van der Waals surface area contributed by atoms with E-state index in [0.29, 0.717) is 17.0 Å². The molecule has 2 aromatic rings. The Bertz CT molecular complexity index is 1010. The van der Waals surface area contributed by atoms with Crippen molar-refractivity contribution in [1.29, 1.82) is 0 Å². The molecule has 23 heavy (non-hydrogen) atoms. The molecular formula is C18H19N3O2. The Morgan fingerprint density at radius 2 is 1.61 bits per heavy atom. The van der Waals surface area contributed by atoms with E-state index >= 15 is 0 Å². The van der Waals surface area contributed by atoms with Gasteiger partial charge < -0.3 is 0 Å². The molecule has 0 bridgehead atoms. The highest BCUT2D eigenvalue weighted by Gasteiger charge is 2.99. The summed E-state index contributed by atoms with van der Waals surface area (Å²) >= 11 is 0. The Hall–Kier alpha value is -2.04. The van der Waals surface area contributed by atoms with Crippen LogP contribution in [0.25, 0.3) is 5.69 Å². The summed E-state index contributed by atoms with van der Waals surface area (Å²) in [4.78, 5) is 26.1. The fourth-order valence-corrected chi connectivity index (χ4v) is 7.24. The highest BCUT2D eigenvalue weighted by Crippen LogP contribution is 3.02. The van der Waals surface area contributed by atoms with Crippen LogP contribution in [-0.2, 0) is 0 Å². The highest BCUT2D eigenvalue weighted by molar-refractivity contribution is 5.46. The number of aromatic nitrogens is 3. The first-order valence-electron chi connectivity index (χ1n) is 8.41. The van der Waals surface area contributed by atoms with Crippen molar-refractivity contribution < 1.29 is 0 Å². The van der Waals surface area contributed by atoms with Crippen LogP contribution in [0.2, 0.25) is 0 Å². The number of fused-ring (bicyclic) bond motifs is 5. The fraction of sp³-hybridized carbons (Fsp3) is 0.556. The van der Waals surface area contributed by atoms with Gasteiger partial charge in [0.25, 0.3) is 0 Å². The van der Waals surface area contributed by atoms with E-state index in [0.717, 1.165) is 6.42 Å². The van der Waals surface area contributed by atoms with Crippen LogP contribution in [-0.4, -0.2) is 13.9 Å².